The molecule has 1 aliphatic carbocycles. The largest absolute Gasteiger partial charge is 0.508 e. The Bertz CT molecular complexity index is 1190. The minimum atomic E-state index is -1.08. The van der Waals surface area contributed by atoms with Crippen LogP contribution in [-0.2, 0) is 14.3 Å². The number of nitrogens with zero attached hydrogens (tertiary/aromatic N) is 1. The summed E-state index contributed by atoms with van der Waals surface area (Å²) >= 11 is 6.41. The molecule has 9 heteroatoms. The van der Waals surface area contributed by atoms with Crippen LogP contribution in [-0.4, -0.2) is 45.6 Å². The summed E-state index contributed by atoms with van der Waals surface area (Å²) in [6.45, 7) is 12.9. The van der Waals surface area contributed by atoms with Crippen LogP contribution < -0.4 is 10.6 Å². The van der Waals surface area contributed by atoms with Crippen LogP contribution in [0.15, 0.2) is 42.5 Å². The molecule has 8 nitrogen and oxygen atoms in total. The molecule has 2 aromatic rings. The van der Waals surface area contributed by atoms with E-state index in [1.807, 2.05) is 33.8 Å². The first-order valence-corrected chi connectivity index (χ1v) is 13.8. The van der Waals surface area contributed by atoms with E-state index in [1.54, 1.807) is 49.9 Å². The molecule has 0 spiro atoms. The zero-order valence-electron chi connectivity index (χ0n) is 23.7. The van der Waals surface area contributed by atoms with Crippen molar-refractivity contribution in [3.05, 3.63) is 58.6 Å². The Morgan fingerprint density at radius 2 is 1.82 bits per heavy atom. The van der Waals surface area contributed by atoms with Crippen LogP contribution >= 0.6 is 11.6 Å². The minimum Gasteiger partial charge on any atom is -0.508 e. The number of halogens is 1. The normalized spacial score (nSPS) is 18.9. The molecule has 1 aliphatic rings. The number of rotatable bonds is 9. The van der Waals surface area contributed by atoms with Crippen LogP contribution in [0, 0.1) is 18.8 Å². The maximum Gasteiger partial charge on any atom is 0.408 e. The van der Waals surface area contributed by atoms with Gasteiger partial charge in [0.25, 0.3) is 5.91 Å². The number of hydrogen-bond donors (Lipinski definition) is 3. The smallest absolute Gasteiger partial charge is 0.408 e. The van der Waals surface area contributed by atoms with Gasteiger partial charge in [-0.05, 0) is 75.3 Å². The lowest BCUT2D eigenvalue weighted by Gasteiger charge is -2.36. The summed E-state index contributed by atoms with van der Waals surface area (Å²) in [6, 6.07) is 9.41. The molecule has 3 rings (SSSR count). The van der Waals surface area contributed by atoms with Crippen molar-refractivity contribution in [1.82, 2.24) is 10.2 Å². The fraction of sp³-hybridized carbons (Fsp3) is 0.500. The summed E-state index contributed by atoms with van der Waals surface area (Å²) in [7, 11) is 0. The van der Waals surface area contributed by atoms with Crippen LogP contribution in [0.5, 0.6) is 5.75 Å². The highest BCUT2D eigenvalue weighted by Crippen LogP contribution is 2.42. The highest BCUT2D eigenvalue weighted by Gasteiger charge is 2.49. The number of ether oxygens (including phenoxy) is 1. The van der Waals surface area contributed by atoms with Crippen LogP contribution in [0.3, 0.4) is 0 Å². The molecular formula is C30H40ClN3O5. The first-order valence-electron chi connectivity index (χ1n) is 13.4. The number of aryl methyl sites for hydroxylation is 1. The molecule has 2 aromatic carbocycles. The van der Waals surface area contributed by atoms with E-state index in [1.165, 1.54) is 12.1 Å². The molecule has 1 fully saturated rings. The number of alkyl carbamates (subject to hydrolysis) is 1. The fourth-order valence-electron chi connectivity index (χ4n) is 4.57. The maximum atomic E-state index is 14.3. The van der Waals surface area contributed by atoms with Gasteiger partial charge in [0.15, 0.2) is 0 Å². The van der Waals surface area contributed by atoms with Gasteiger partial charge in [0, 0.05) is 6.04 Å². The number of benzene rings is 2. The predicted octanol–water partition coefficient (Wildman–Crippen LogP) is 6.21. The quantitative estimate of drug-likeness (QED) is 0.340. The van der Waals surface area contributed by atoms with Gasteiger partial charge in [0.1, 0.15) is 23.4 Å². The number of amides is 3. The molecule has 1 saturated carbocycles. The van der Waals surface area contributed by atoms with Crippen molar-refractivity contribution >= 4 is 35.2 Å². The van der Waals surface area contributed by atoms with E-state index in [2.05, 4.69) is 10.6 Å². The zero-order valence-corrected chi connectivity index (χ0v) is 24.5. The molecular weight excluding hydrogens is 518 g/mol. The van der Waals surface area contributed by atoms with Gasteiger partial charge < -0.3 is 25.4 Å². The summed E-state index contributed by atoms with van der Waals surface area (Å²) in [5.41, 5.74) is 0.933. The average Bonchev–Trinajstić information content (AvgIpc) is 3.56. The lowest BCUT2D eigenvalue weighted by molar-refractivity contribution is -0.142. The molecule has 0 saturated heterocycles. The molecule has 0 radical (unpaired) electrons. The zero-order chi connectivity index (χ0) is 29.1. The van der Waals surface area contributed by atoms with E-state index in [4.69, 9.17) is 16.3 Å². The molecule has 39 heavy (non-hydrogen) atoms. The Morgan fingerprint density at radius 3 is 2.36 bits per heavy atom. The third-order valence-corrected chi connectivity index (χ3v) is 7.33. The van der Waals surface area contributed by atoms with E-state index < -0.39 is 29.7 Å². The Morgan fingerprint density at radius 1 is 1.18 bits per heavy atom. The second kappa shape index (κ2) is 12.3. The molecule has 0 heterocycles. The van der Waals surface area contributed by atoms with Crippen molar-refractivity contribution in [2.45, 2.75) is 85.0 Å². The topological polar surface area (TPSA) is 108 Å². The van der Waals surface area contributed by atoms with E-state index in [-0.39, 0.29) is 29.5 Å². The summed E-state index contributed by atoms with van der Waals surface area (Å²) in [5, 5.41) is 16.4. The van der Waals surface area contributed by atoms with Gasteiger partial charge >= 0.3 is 6.09 Å². The Labute approximate surface area is 236 Å². The van der Waals surface area contributed by atoms with Crippen molar-refractivity contribution in [1.29, 1.82) is 0 Å². The van der Waals surface area contributed by atoms with Gasteiger partial charge in [0.2, 0.25) is 5.91 Å². The van der Waals surface area contributed by atoms with Crippen molar-refractivity contribution < 1.29 is 24.2 Å². The second-order valence-corrected chi connectivity index (χ2v) is 11.9. The second-order valence-electron chi connectivity index (χ2n) is 11.5. The maximum absolute atomic E-state index is 14.3. The van der Waals surface area contributed by atoms with Gasteiger partial charge in [0.05, 0.1) is 10.7 Å². The Balaban J connectivity index is 2.07. The first-order chi connectivity index (χ1) is 18.2. The number of hydrogen-bond acceptors (Lipinski definition) is 5. The van der Waals surface area contributed by atoms with Gasteiger partial charge in [-0.25, -0.2) is 4.79 Å². The SMILES string of the molecule is CCC(C)C(NC(=O)OC(C)(C)C)C(=O)N(C(C(=O)Nc1c(C)cccc1Cl)c1cccc(O)c1)C1CC1C. The van der Waals surface area contributed by atoms with Crippen molar-refractivity contribution in [3.8, 4) is 5.75 Å². The van der Waals surface area contributed by atoms with E-state index in [9.17, 15) is 19.5 Å². The summed E-state index contributed by atoms with van der Waals surface area (Å²) in [6.07, 6.45) is 0.622. The van der Waals surface area contributed by atoms with Crippen LogP contribution in [0.4, 0.5) is 10.5 Å². The summed E-state index contributed by atoms with van der Waals surface area (Å²) < 4.78 is 5.46. The lowest BCUT2D eigenvalue weighted by Crippen LogP contribution is -2.55. The van der Waals surface area contributed by atoms with Gasteiger partial charge in [-0.3, -0.25) is 9.59 Å². The van der Waals surface area contributed by atoms with Crippen molar-refractivity contribution in [2.24, 2.45) is 11.8 Å². The number of carbonyl (C=O) groups excluding carboxylic acids is 3. The van der Waals surface area contributed by atoms with E-state index in [0.717, 1.165) is 5.56 Å². The highest BCUT2D eigenvalue weighted by molar-refractivity contribution is 6.34. The molecule has 0 aliphatic heterocycles. The van der Waals surface area contributed by atoms with Gasteiger partial charge in [-0.1, -0.05) is 63.1 Å². The number of carbonyl (C=O) groups is 3. The van der Waals surface area contributed by atoms with Gasteiger partial charge in [-0.15, -0.1) is 0 Å². The number of anilines is 1. The first kappa shape index (κ1) is 30.3. The van der Waals surface area contributed by atoms with E-state index in [0.29, 0.717) is 29.1 Å². The standard InChI is InChI=1S/C30H40ClN3O5/c1-8-17(2)25(33-29(38)39-30(5,6)7)28(37)34(23-15-19(23)4)26(20-12-10-13-21(35)16-20)27(36)32-24-18(3)11-9-14-22(24)31/h9-14,16-17,19,23,25-26,35H,8,15H2,1-7H3,(H,32,36)(H,33,38). The molecule has 0 aromatic heterocycles. The number of aromatic hydroxyl groups is 1. The Kier molecular flexibility index (Phi) is 9.54. The van der Waals surface area contributed by atoms with Crippen LogP contribution in [0.1, 0.15) is 71.6 Å². The summed E-state index contributed by atoms with van der Waals surface area (Å²) in [5.74, 6) is -0.961. The van der Waals surface area contributed by atoms with Gasteiger partial charge in [-0.2, -0.15) is 0 Å². The average molecular weight is 558 g/mol. The van der Waals surface area contributed by atoms with Crippen LogP contribution in [0.2, 0.25) is 5.02 Å². The molecule has 0 bridgehead atoms. The van der Waals surface area contributed by atoms with Crippen LogP contribution in [0.25, 0.3) is 0 Å². The number of phenolic OH excluding ortho intramolecular Hbond substituents is 1. The van der Waals surface area contributed by atoms with Crippen molar-refractivity contribution in [2.75, 3.05) is 5.32 Å². The highest BCUT2D eigenvalue weighted by atomic mass is 35.5. The lowest BCUT2D eigenvalue weighted by atomic mass is 9.95. The van der Waals surface area contributed by atoms with E-state index >= 15 is 0 Å². The third-order valence-electron chi connectivity index (χ3n) is 7.01. The van der Waals surface area contributed by atoms with Crippen molar-refractivity contribution in [3.63, 3.8) is 0 Å². The molecule has 5 atom stereocenters. The number of phenols is 1. The molecule has 5 unspecified atom stereocenters. The third kappa shape index (κ3) is 7.66. The molecule has 3 N–H and O–H groups in total. The molecule has 212 valence electrons. The number of para-hydroxylation sites is 1. The molecule has 3 amide bonds. The predicted molar refractivity (Wildman–Crippen MR) is 153 cm³/mol. The fourth-order valence-corrected chi connectivity index (χ4v) is 4.83. The Hall–Kier alpha value is -3.26. The minimum absolute atomic E-state index is 0.0270. The summed E-state index contributed by atoms with van der Waals surface area (Å²) in [4.78, 5) is 42.7. The number of nitrogens with one attached hydrogen (secondary N) is 2. The monoisotopic (exact) mass is 557 g/mol.